The monoisotopic (exact) mass is 396 g/mol. The van der Waals surface area contributed by atoms with Gasteiger partial charge in [-0.15, -0.1) is 11.3 Å². The fraction of sp³-hybridized carbons (Fsp3) is 0.143. The first-order valence-electron chi connectivity index (χ1n) is 6.14. The van der Waals surface area contributed by atoms with Crippen LogP contribution in [0.15, 0.2) is 30.3 Å². The first-order valence-corrected chi connectivity index (χ1v) is 8.04. The summed E-state index contributed by atoms with van der Waals surface area (Å²) < 4.78 is 1.19. The summed E-state index contributed by atoms with van der Waals surface area (Å²) in [5.74, 6) is 1.47. The van der Waals surface area contributed by atoms with Crippen molar-refractivity contribution in [1.82, 2.24) is 9.97 Å². The average molecular weight is 396 g/mol. The second-order valence-corrected chi connectivity index (χ2v) is 6.84. The number of aryl methyl sites for hydroxylation is 1. The molecule has 2 aromatic heterocycles. The van der Waals surface area contributed by atoms with Crippen molar-refractivity contribution in [2.45, 2.75) is 6.92 Å². The number of benzene rings is 1. The van der Waals surface area contributed by atoms with E-state index in [2.05, 4.69) is 68.3 Å². The molecular weight excluding hydrogens is 383 g/mol. The summed E-state index contributed by atoms with van der Waals surface area (Å²) in [7, 11) is 1.83. The smallest absolute Gasteiger partial charge is 0.225 e. The minimum absolute atomic E-state index is 0.632. The van der Waals surface area contributed by atoms with Crippen LogP contribution in [0.5, 0.6) is 0 Å². The van der Waals surface area contributed by atoms with Crippen molar-refractivity contribution in [1.29, 1.82) is 0 Å². The van der Waals surface area contributed by atoms with Gasteiger partial charge in [0.05, 0.1) is 5.39 Å². The Hall–Kier alpha value is -1.41. The van der Waals surface area contributed by atoms with Crippen LogP contribution in [0, 0.1) is 10.5 Å². The number of nitrogens with one attached hydrogen (secondary N) is 2. The Labute approximate surface area is 134 Å². The minimum Gasteiger partial charge on any atom is -0.357 e. The molecule has 0 atom stereocenters. The standard InChI is InChI=1S/C14H13IN4S/c1-8-6-11-12(17-10-5-3-4-9(15)7-10)18-14(16-2)19-13(11)20-8/h3-7H,1-2H3,(H2,16,17,18,19). The van der Waals surface area contributed by atoms with Gasteiger partial charge in [0.2, 0.25) is 5.95 Å². The molecule has 0 spiro atoms. The highest BCUT2D eigenvalue weighted by Gasteiger charge is 2.10. The van der Waals surface area contributed by atoms with E-state index in [0.29, 0.717) is 5.95 Å². The number of anilines is 3. The van der Waals surface area contributed by atoms with E-state index < -0.39 is 0 Å². The molecule has 1 aromatic carbocycles. The van der Waals surface area contributed by atoms with Crippen LogP contribution >= 0.6 is 33.9 Å². The zero-order valence-electron chi connectivity index (χ0n) is 11.1. The zero-order chi connectivity index (χ0) is 14.1. The lowest BCUT2D eigenvalue weighted by Crippen LogP contribution is -2.00. The number of halogens is 1. The molecule has 0 saturated carbocycles. The van der Waals surface area contributed by atoms with Crippen LogP contribution in [0.25, 0.3) is 10.2 Å². The molecule has 0 amide bonds. The molecule has 0 saturated heterocycles. The molecule has 0 aliphatic carbocycles. The number of nitrogens with zero attached hydrogens (tertiary/aromatic N) is 2. The van der Waals surface area contributed by atoms with E-state index in [4.69, 9.17) is 0 Å². The Bertz CT molecular complexity index is 769. The van der Waals surface area contributed by atoms with Gasteiger partial charge in [-0.05, 0) is 53.8 Å². The van der Waals surface area contributed by atoms with Crippen molar-refractivity contribution >= 4 is 61.6 Å². The average Bonchev–Trinajstić information content (AvgIpc) is 2.79. The number of aromatic nitrogens is 2. The fourth-order valence-electron chi connectivity index (χ4n) is 1.95. The maximum Gasteiger partial charge on any atom is 0.225 e. The summed E-state index contributed by atoms with van der Waals surface area (Å²) in [6, 6.07) is 10.3. The van der Waals surface area contributed by atoms with Gasteiger partial charge >= 0.3 is 0 Å². The predicted octanol–water partition coefficient (Wildman–Crippen LogP) is 4.39. The van der Waals surface area contributed by atoms with Gasteiger partial charge < -0.3 is 10.6 Å². The molecule has 102 valence electrons. The zero-order valence-corrected chi connectivity index (χ0v) is 14.0. The van der Waals surface area contributed by atoms with Crippen LogP contribution in [0.3, 0.4) is 0 Å². The number of fused-ring (bicyclic) bond motifs is 1. The van der Waals surface area contributed by atoms with Crippen LogP contribution in [0.4, 0.5) is 17.5 Å². The maximum atomic E-state index is 4.53. The molecule has 3 rings (SSSR count). The highest BCUT2D eigenvalue weighted by molar-refractivity contribution is 14.1. The van der Waals surface area contributed by atoms with E-state index in [1.165, 1.54) is 8.45 Å². The summed E-state index contributed by atoms with van der Waals surface area (Å²) >= 11 is 3.98. The van der Waals surface area contributed by atoms with Crippen LogP contribution in [-0.4, -0.2) is 17.0 Å². The van der Waals surface area contributed by atoms with Crippen molar-refractivity contribution in [3.05, 3.63) is 38.8 Å². The molecule has 0 radical (unpaired) electrons. The number of thiophene rings is 1. The van der Waals surface area contributed by atoms with Crippen molar-refractivity contribution in [3.63, 3.8) is 0 Å². The van der Waals surface area contributed by atoms with E-state index in [9.17, 15) is 0 Å². The molecule has 0 aliphatic heterocycles. The summed E-state index contributed by atoms with van der Waals surface area (Å²) in [6.45, 7) is 2.08. The van der Waals surface area contributed by atoms with E-state index in [-0.39, 0.29) is 0 Å². The molecule has 0 fully saturated rings. The van der Waals surface area contributed by atoms with E-state index >= 15 is 0 Å². The van der Waals surface area contributed by atoms with Gasteiger partial charge in [-0.25, -0.2) is 4.98 Å². The van der Waals surface area contributed by atoms with Gasteiger partial charge in [0.25, 0.3) is 0 Å². The molecule has 6 heteroatoms. The normalized spacial score (nSPS) is 10.8. The van der Waals surface area contributed by atoms with Crippen LogP contribution < -0.4 is 10.6 Å². The first-order chi connectivity index (χ1) is 9.65. The van der Waals surface area contributed by atoms with Crippen LogP contribution in [-0.2, 0) is 0 Å². The van der Waals surface area contributed by atoms with Gasteiger partial charge in [0.15, 0.2) is 0 Å². The van der Waals surface area contributed by atoms with Crippen LogP contribution in [0.2, 0.25) is 0 Å². The largest absolute Gasteiger partial charge is 0.357 e. The Morgan fingerprint density at radius 3 is 2.80 bits per heavy atom. The highest BCUT2D eigenvalue weighted by atomic mass is 127. The van der Waals surface area contributed by atoms with Crippen molar-refractivity contribution in [3.8, 4) is 0 Å². The fourth-order valence-corrected chi connectivity index (χ4v) is 3.37. The van der Waals surface area contributed by atoms with Crippen molar-refractivity contribution < 1.29 is 0 Å². The quantitative estimate of drug-likeness (QED) is 0.645. The predicted molar refractivity (Wildman–Crippen MR) is 94.1 cm³/mol. The third kappa shape index (κ3) is 2.71. The third-order valence-electron chi connectivity index (χ3n) is 2.83. The van der Waals surface area contributed by atoms with Crippen molar-refractivity contribution in [2.24, 2.45) is 0 Å². The SMILES string of the molecule is CNc1nc(Nc2cccc(I)c2)c2cc(C)sc2n1. The molecule has 2 N–H and O–H groups in total. The summed E-state index contributed by atoms with van der Waals surface area (Å²) in [5.41, 5.74) is 1.03. The molecule has 0 aliphatic rings. The Kier molecular flexibility index (Phi) is 3.75. The second-order valence-electron chi connectivity index (χ2n) is 4.36. The lowest BCUT2D eigenvalue weighted by Gasteiger charge is -2.08. The van der Waals surface area contributed by atoms with Crippen LogP contribution in [0.1, 0.15) is 4.88 Å². The molecule has 4 nitrogen and oxygen atoms in total. The third-order valence-corrected chi connectivity index (χ3v) is 4.44. The molecular formula is C14H13IN4S. The Balaban J connectivity index is 2.09. The van der Waals surface area contributed by atoms with Gasteiger partial charge in [-0.2, -0.15) is 4.98 Å². The maximum absolute atomic E-state index is 4.53. The number of hydrogen-bond acceptors (Lipinski definition) is 5. The van der Waals surface area contributed by atoms with Gasteiger partial charge in [0.1, 0.15) is 10.6 Å². The first kappa shape index (κ1) is 13.6. The van der Waals surface area contributed by atoms with Gasteiger partial charge in [-0.1, -0.05) is 6.07 Å². The summed E-state index contributed by atoms with van der Waals surface area (Å²) in [4.78, 5) is 11.2. The topological polar surface area (TPSA) is 49.8 Å². The Morgan fingerprint density at radius 2 is 2.05 bits per heavy atom. The number of rotatable bonds is 3. The lowest BCUT2D eigenvalue weighted by molar-refractivity contribution is 1.20. The van der Waals surface area contributed by atoms with E-state index in [0.717, 1.165) is 21.7 Å². The van der Waals surface area contributed by atoms with Gasteiger partial charge in [-0.3, -0.25) is 0 Å². The number of hydrogen-bond donors (Lipinski definition) is 2. The summed E-state index contributed by atoms with van der Waals surface area (Å²) in [5, 5.41) is 7.46. The van der Waals surface area contributed by atoms with E-state index in [1.807, 2.05) is 19.2 Å². The van der Waals surface area contributed by atoms with Gasteiger partial charge in [0, 0.05) is 21.2 Å². The highest BCUT2D eigenvalue weighted by Crippen LogP contribution is 2.31. The second kappa shape index (κ2) is 5.53. The van der Waals surface area contributed by atoms with Crippen molar-refractivity contribution in [2.75, 3.05) is 17.7 Å². The molecule has 0 unspecified atom stereocenters. The summed E-state index contributed by atoms with van der Waals surface area (Å²) in [6.07, 6.45) is 0. The van der Waals surface area contributed by atoms with E-state index in [1.54, 1.807) is 11.3 Å². The minimum atomic E-state index is 0.632. The molecule has 2 heterocycles. The lowest BCUT2D eigenvalue weighted by atomic mass is 10.3. The molecule has 0 bridgehead atoms. The Morgan fingerprint density at radius 1 is 1.20 bits per heavy atom. The molecule has 3 aromatic rings. The molecule has 20 heavy (non-hydrogen) atoms.